The molecule has 0 aliphatic heterocycles. The number of aryl methyl sites for hydroxylation is 1. The Kier molecular flexibility index (Phi) is 3.55. The molecule has 2 heteroatoms. The third kappa shape index (κ3) is 2.46. The molecule has 1 aliphatic rings. The first-order valence-electron chi connectivity index (χ1n) is 7.15. The van der Waals surface area contributed by atoms with E-state index in [1.807, 2.05) is 6.07 Å². The van der Waals surface area contributed by atoms with Crippen molar-refractivity contribution in [2.45, 2.75) is 31.7 Å². The highest BCUT2D eigenvalue weighted by Crippen LogP contribution is 2.36. The van der Waals surface area contributed by atoms with Gasteiger partial charge in [0.2, 0.25) is 5.91 Å². The van der Waals surface area contributed by atoms with Crippen LogP contribution in [0.4, 0.5) is 0 Å². The Morgan fingerprint density at radius 2 is 1.75 bits per heavy atom. The first-order chi connectivity index (χ1) is 9.75. The average molecular weight is 265 g/mol. The van der Waals surface area contributed by atoms with Gasteiger partial charge in [-0.25, -0.2) is 0 Å². The lowest BCUT2D eigenvalue weighted by molar-refractivity contribution is -0.119. The molecule has 0 aromatic heterocycles. The summed E-state index contributed by atoms with van der Waals surface area (Å²) in [4.78, 5) is 11.5. The van der Waals surface area contributed by atoms with Crippen molar-refractivity contribution in [1.82, 2.24) is 5.32 Å². The van der Waals surface area contributed by atoms with Crippen LogP contribution in [-0.2, 0) is 11.2 Å². The lowest BCUT2D eigenvalue weighted by Crippen LogP contribution is -2.41. The van der Waals surface area contributed by atoms with Gasteiger partial charge in [0.15, 0.2) is 0 Å². The van der Waals surface area contributed by atoms with E-state index in [2.05, 4.69) is 53.8 Å². The van der Waals surface area contributed by atoms with Crippen LogP contribution in [0.1, 0.15) is 36.0 Å². The normalized spacial score (nSPS) is 21.1. The van der Waals surface area contributed by atoms with E-state index in [4.69, 9.17) is 0 Å². The average Bonchev–Trinajstić information content (AvgIpc) is 2.47. The van der Waals surface area contributed by atoms with Gasteiger partial charge >= 0.3 is 0 Å². The van der Waals surface area contributed by atoms with Crippen molar-refractivity contribution in [3.63, 3.8) is 0 Å². The summed E-state index contributed by atoms with van der Waals surface area (Å²) in [5, 5.41) is 3.13. The molecular formula is C18H19NO. The van der Waals surface area contributed by atoms with Crippen LogP contribution < -0.4 is 5.32 Å². The second-order valence-corrected chi connectivity index (χ2v) is 5.43. The Hall–Kier alpha value is -2.09. The van der Waals surface area contributed by atoms with Crippen molar-refractivity contribution in [3.05, 3.63) is 71.3 Å². The molecule has 2 unspecified atom stereocenters. The maximum atomic E-state index is 11.5. The molecule has 2 atom stereocenters. The summed E-state index contributed by atoms with van der Waals surface area (Å²) in [7, 11) is 0. The van der Waals surface area contributed by atoms with Gasteiger partial charge in [0.1, 0.15) is 0 Å². The Bertz CT molecular complexity index is 606. The van der Waals surface area contributed by atoms with Crippen molar-refractivity contribution < 1.29 is 4.79 Å². The molecule has 0 bridgehead atoms. The van der Waals surface area contributed by atoms with Crippen molar-refractivity contribution >= 4 is 5.91 Å². The fourth-order valence-corrected chi connectivity index (χ4v) is 3.25. The highest BCUT2D eigenvalue weighted by molar-refractivity contribution is 5.73. The molecule has 20 heavy (non-hydrogen) atoms. The number of hydrogen-bond acceptors (Lipinski definition) is 1. The lowest BCUT2D eigenvalue weighted by atomic mass is 9.75. The minimum Gasteiger partial charge on any atom is -0.353 e. The smallest absolute Gasteiger partial charge is 0.217 e. The molecule has 0 saturated carbocycles. The Balaban J connectivity index is 2.05. The van der Waals surface area contributed by atoms with E-state index in [1.54, 1.807) is 6.92 Å². The molecule has 2 aromatic carbocycles. The molecule has 3 rings (SSSR count). The third-order valence-corrected chi connectivity index (χ3v) is 4.06. The number of hydrogen-bond donors (Lipinski definition) is 1. The molecule has 0 radical (unpaired) electrons. The van der Waals surface area contributed by atoms with Gasteiger partial charge in [0, 0.05) is 18.9 Å². The largest absolute Gasteiger partial charge is 0.353 e. The molecule has 1 N–H and O–H groups in total. The monoisotopic (exact) mass is 265 g/mol. The van der Waals surface area contributed by atoms with Gasteiger partial charge in [0.05, 0.1) is 0 Å². The lowest BCUT2D eigenvalue weighted by Gasteiger charge is -2.34. The van der Waals surface area contributed by atoms with Crippen molar-refractivity contribution in [1.29, 1.82) is 0 Å². The summed E-state index contributed by atoms with van der Waals surface area (Å²) >= 11 is 0. The third-order valence-electron chi connectivity index (χ3n) is 4.06. The second kappa shape index (κ2) is 5.49. The number of carbonyl (C=O) groups is 1. The van der Waals surface area contributed by atoms with Gasteiger partial charge in [-0.2, -0.15) is 0 Å². The SMILES string of the molecule is CC(=O)NC1CCc2ccccc2C1c1ccccc1. The van der Waals surface area contributed by atoms with Crippen LogP contribution in [0.2, 0.25) is 0 Å². The predicted octanol–water partition coefficient (Wildman–Crippen LogP) is 3.27. The summed E-state index contributed by atoms with van der Waals surface area (Å²) in [5.74, 6) is 0.306. The summed E-state index contributed by atoms with van der Waals surface area (Å²) in [6.07, 6.45) is 2.03. The Labute approximate surface area is 119 Å². The molecule has 2 aromatic rings. The van der Waals surface area contributed by atoms with E-state index in [-0.39, 0.29) is 17.9 Å². The Morgan fingerprint density at radius 3 is 2.50 bits per heavy atom. The summed E-state index contributed by atoms with van der Waals surface area (Å²) in [6, 6.07) is 19.2. The number of carbonyl (C=O) groups excluding carboxylic acids is 1. The van der Waals surface area contributed by atoms with E-state index in [0.29, 0.717) is 0 Å². The van der Waals surface area contributed by atoms with E-state index >= 15 is 0 Å². The molecule has 0 heterocycles. The quantitative estimate of drug-likeness (QED) is 0.887. The van der Waals surface area contributed by atoms with Crippen LogP contribution in [0.15, 0.2) is 54.6 Å². The zero-order chi connectivity index (χ0) is 13.9. The van der Waals surface area contributed by atoms with Gasteiger partial charge in [-0.3, -0.25) is 4.79 Å². The number of nitrogens with one attached hydrogen (secondary N) is 1. The first kappa shape index (κ1) is 12.9. The van der Waals surface area contributed by atoms with Gasteiger partial charge in [-0.15, -0.1) is 0 Å². The minimum absolute atomic E-state index is 0.0512. The fraction of sp³-hybridized carbons (Fsp3) is 0.278. The van der Waals surface area contributed by atoms with E-state index in [9.17, 15) is 4.79 Å². The zero-order valence-corrected chi connectivity index (χ0v) is 11.7. The van der Waals surface area contributed by atoms with Gasteiger partial charge in [-0.05, 0) is 29.5 Å². The summed E-state index contributed by atoms with van der Waals surface area (Å²) < 4.78 is 0. The standard InChI is InChI=1S/C18H19NO/c1-13(20)19-17-12-11-14-7-5-6-10-16(14)18(17)15-8-3-2-4-9-15/h2-10,17-18H,11-12H2,1H3,(H,19,20). The highest BCUT2D eigenvalue weighted by Gasteiger charge is 2.30. The highest BCUT2D eigenvalue weighted by atomic mass is 16.1. The molecule has 0 fully saturated rings. The summed E-state index contributed by atoms with van der Waals surface area (Å²) in [6.45, 7) is 1.60. The topological polar surface area (TPSA) is 29.1 Å². The number of fused-ring (bicyclic) bond motifs is 1. The fourth-order valence-electron chi connectivity index (χ4n) is 3.25. The van der Waals surface area contributed by atoms with E-state index in [0.717, 1.165) is 12.8 Å². The van der Waals surface area contributed by atoms with Crippen LogP contribution in [0.5, 0.6) is 0 Å². The van der Waals surface area contributed by atoms with Gasteiger partial charge < -0.3 is 5.32 Å². The maximum Gasteiger partial charge on any atom is 0.217 e. The molecule has 102 valence electrons. The molecule has 2 nitrogen and oxygen atoms in total. The van der Waals surface area contributed by atoms with Crippen molar-refractivity contribution in [2.24, 2.45) is 0 Å². The van der Waals surface area contributed by atoms with Gasteiger partial charge in [-0.1, -0.05) is 54.6 Å². The molecule has 1 aliphatic carbocycles. The van der Waals surface area contributed by atoms with Crippen LogP contribution in [0.3, 0.4) is 0 Å². The van der Waals surface area contributed by atoms with Crippen molar-refractivity contribution in [2.75, 3.05) is 0 Å². The minimum atomic E-state index is 0.0512. The molecular weight excluding hydrogens is 246 g/mol. The van der Waals surface area contributed by atoms with Crippen LogP contribution in [-0.4, -0.2) is 11.9 Å². The first-order valence-corrected chi connectivity index (χ1v) is 7.15. The second-order valence-electron chi connectivity index (χ2n) is 5.43. The van der Waals surface area contributed by atoms with Crippen molar-refractivity contribution in [3.8, 4) is 0 Å². The zero-order valence-electron chi connectivity index (χ0n) is 11.7. The van der Waals surface area contributed by atoms with E-state index < -0.39 is 0 Å². The number of amides is 1. The van der Waals surface area contributed by atoms with Gasteiger partial charge in [0.25, 0.3) is 0 Å². The summed E-state index contributed by atoms with van der Waals surface area (Å²) in [5.41, 5.74) is 4.03. The number of benzene rings is 2. The Morgan fingerprint density at radius 1 is 1.05 bits per heavy atom. The van der Waals surface area contributed by atoms with Crippen LogP contribution in [0, 0.1) is 0 Å². The molecule has 0 saturated heterocycles. The molecule has 0 spiro atoms. The maximum absolute atomic E-state index is 11.5. The predicted molar refractivity (Wildman–Crippen MR) is 80.7 cm³/mol. The number of rotatable bonds is 2. The molecule has 1 amide bonds. The van der Waals surface area contributed by atoms with E-state index in [1.165, 1.54) is 16.7 Å². The van der Waals surface area contributed by atoms with Crippen LogP contribution in [0.25, 0.3) is 0 Å². The van der Waals surface area contributed by atoms with Crippen LogP contribution >= 0.6 is 0 Å².